The molecular weight excluding hydrogens is 268 g/mol. The molecule has 0 saturated carbocycles. The van der Waals surface area contributed by atoms with E-state index in [2.05, 4.69) is 5.32 Å². The topological polar surface area (TPSA) is 77.5 Å². The summed E-state index contributed by atoms with van der Waals surface area (Å²) in [6.07, 6.45) is 1.53. The smallest absolute Gasteiger partial charge is 0.223 e. The molecule has 3 N–H and O–H groups in total. The number of amides is 1. The molecule has 2 rings (SSSR count). The van der Waals surface area contributed by atoms with Gasteiger partial charge >= 0.3 is 0 Å². The lowest BCUT2D eigenvalue weighted by molar-refractivity contribution is -0.124. The molecule has 0 aliphatic heterocycles. The molecule has 1 amide bonds. The number of hydrogen-bond donors (Lipinski definition) is 2. The number of rotatable bonds is 7. The van der Waals surface area contributed by atoms with Gasteiger partial charge < -0.3 is 20.2 Å². The molecule has 0 fully saturated rings. The highest BCUT2D eigenvalue weighted by atomic mass is 16.5. The maximum Gasteiger partial charge on any atom is 0.223 e. The van der Waals surface area contributed by atoms with Crippen LogP contribution in [0.25, 0.3) is 0 Å². The van der Waals surface area contributed by atoms with Crippen LogP contribution in [-0.2, 0) is 9.53 Å². The Balaban J connectivity index is 2.12. The Bertz CT molecular complexity index is 536. The third-order valence-electron chi connectivity index (χ3n) is 3.28. The van der Waals surface area contributed by atoms with Crippen LogP contribution in [0.4, 0.5) is 0 Å². The van der Waals surface area contributed by atoms with Crippen LogP contribution < -0.4 is 11.1 Å². The molecule has 5 heteroatoms. The first kappa shape index (κ1) is 15.3. The number of ether oxygens (including phenoxy) is 1. The van der Waals surface area contributed by atoms with Gasteiger partial charge in [-0.3, -0.25) is 4.79 Å². The summed E-state index contributed by atoms with van der Waals surface area (Å²) in [6, 6.07) is 13.0. The van der Waals surface area contributed by atoms with Crippen LogP contribution in [0.1, 0.15) is 23.8 Å². The highest BCUT2D eigenvalue weighted by Gasteiger charge is 2.20. The van der Waals surface area contributed by atoms with Crippen molar-refractivity contribution in [2.24, 2.45) is 5.73 Å². The Labute approximate surface area is 124 Å². The van der Waals surface area contributed by atoms with E-state index in [1.54, 1.807) is 19.4 Å². The maximum atomic E-state index is 12.2. The van der Waals surface area contributed by atoms with Crippen LogP contribution in [0, 0.1) is 0 Å². The van der Waals surface area contributed by atoms with E-state index < -0.39 is 0 Å². The van der Waals surface area contributed by atoms with E-state index in [9.17, 15) is 4.79 Å². The van der Waals surface area contributed by atoms with Crippen molar-refractivity contribution < 1.29 is 13.9 Å². The summed E-state index contributed by atoms with van der Waals surface area (Å²) in [4.78, 5) is 12.2. The van der Waals surface area contributed by atoms with Gasteiger partial charge in [-0.05, 0) is 17.7 Å². The Morgan fingerprint density at radius 1 is 1.29 bits per heavy atom. The fourth-order valence-corrected chi connectivity index (χ4v) is 2.11. The first-order chi connectivity index (χ1) is 10.2. The van der Waals surface area contributed by atoms with E-state index in [0.29, 0.717) is 12.3 Å². The van der Waals surface area contributed by atoms with Crippen molar-refractivity contribution >= 4 is 5.91 Å². The monoisotopic (exact) mass is 288 g/mol. The molecule has 0 aliphatic rings. The van der Waals surface area contributed by atoms with Gasteiger partial charge in [0.05, 0.1) is 18.8 Å². The standard InChI is InChI=1S/C16H20N2O3/c1-20-13(11-17)10-15(19)18-16(14-8-5-9-21-14)12-6-3-2-4-7-12/h2-9,13,16H,10-11,17H2,1H3,(H,18,19). The molecule has 1 aromatic heterocycles. The molecule has 0 radical (unpaired) electrons. The van der Waals surface area contributed by atoms with Crippen LogP contribution in [0.15, 0.2) is 53.1 Å². The zero-order valence-electron chi connectivity index (χ0n) is 12.0. The summed E-state index contributed by atoms with van der Waals surface area (Å²) in [5, 5.41) is 2.97. The molecule has 2 atom stereocenters. The third kappa shape index (κ3) is 4.18. The predicted octanol–water partition coefficient (Wildman–Crippen LogP) is 1.85. The first-order valence-corrected chi connectivity index (χ1v) is 6.85. The molecule has 2 aromatic rings. The fraction of sp³-hybridized carbons (Fsp3) is 0.312. The summed E-state index contributed by atoms with van der Waals surface area (Å²) < 4.78 is 10.6. The summed E-state index contributed by atoms with van der Waals surface area (Å²) >= 11 is 0. The van der Waals surface area contributed by atoms with Crippen molar-refractivity contribution in [3.63, 3.8) is 0 Å². The highest BCUT2D eigenvalue weighted by Crippen LogP contribution is 2.22. The number of nitrogens with two attached hydrogens (primary N) is 1. The minimum Gasteiger partial charge on any atom is -0.467 e. The average Bonchev–Trinajstić information content (AvgIpc) is 3.05. The average molecular weight is 288 g/mol. The molecule has 112 valence electrons. The minimum atomic E-state index is -0.316. The maximum absolute atomic E-state index is 12.2. The Morgan fingerprint density at radius 3 is 2.62 bits per heavy atom. The van der Waals surface area contributed by atoms with E-state index >= 15 is 0 Å². The largest absolute Gasteiger partial charge is 0.467 e. The number of benzene rings is 1. The first-order valence-electron chi connectivity index (χ1n) is 6.85. The van der Waals surface area contributed by atoms with E-state index in [-0.39, 0.29) is 24.5 Å². The van der Waals surface area contributed by atoms with Gasteiger partial charge in [-0.1, -0.05) is 30.3 Å². The number of hydrogen-bond acceptors (Lipinski definition) is 4. The molecule has 0 saturated heterocycles. The molecule has 0 bridgehead atoms. The summed E-state index contributed by atoms with van der Waals surface area (Å²) in [5.74, 6) is 0.564. The highest BCUT2D eigenvalue weighted by molar-refractivity contribution is 5.77. The van der Waals surface area contributed by atoms with E-state index in [4.69, 9.17) is 14.9 Å². The predicted molar refractivity (Wildman–Crippen MR) is 79.6 cm³/mol. The van der Waals surface area contributed by atoms with Crippen LogP contribution in [0.5, 0.6) is 0 Å². The van der Waals surface area contributed by atoms with E-state index in [1.165, 1.54) is 0 Å². The lowest BCUT2D eigenvalue weighted by Crippen LogP contribution is -2.34. The second-order valence-corrected chi connectivity index (χ2v) is 4.72. The van der Waals surface area contributed by atoms with Crippen LogP contribution in [0.3, 0.4) is 0 Å². The number of methoxy groups -OCH3 is 1. The zero-order chi connectivity index (χ0) is 15.1. The van der Waals surface area contributed by atoms with Crippen LogP contribution in [-0.4, -0.2) is 25.7 Å². The zero-order valence-corrected chi connectivity index (χ0v) is 12.0. The Hall–Kier alpha value is -2.11. The van der Waals surface area contributed by atoms with Gasteiger partial charge in [-0.25, -0.2) is 0 Å². The fourth-order valence-electron chi connectivity index (χ4n) is 2.11. The summed E-state index contributed by atoms with van der Waals surface area (Å²) in [5.41, 5.74) is 6.51. The second kappa shape index (κ2) is 7.61. The molecule has 1 heterocycles. The molecule has 2 unspecified atom stereocenters. The number of nitrogens with one attached hydrogen (secondary N) is 1. The molecule has 0 aliphatic carbocycles. The Morgan fingerprint density at radius 2 is 2.05 bits per heavy atom. The van der Waals surface area contributed by atoms with Crippen molar-refractivity contribution in [2.45, 2.75) is 18.6 Å². The minimum absolute atomic E-state index is 0.127. The quantitative estimate of drug-likeness (QED) is 0.815. The lowest BCUT2D eigenvalue weighted by atomic mass is 10.0. The third-order valence-corrected chi connectivity index (χ3v) is 3.28. The number of carbonyl (C=O) groups excluding carboxylic acids is 1. The van der Waals surface area contributed by atoms with Gasteiger partial charge in [-0.15, -0.1) is 0 Å². The molecule has 1 aromatic carbocycles. The Kier molecular flexibility index (Phi) is 5.54. The van der Waals surface area contributed by atoms with Crippen molar-refractivity contribution in [1.29, 1.82) is 0 Å². The van der Waals surface area contributed by atoms with Crippen molar-refractivity contribution in [3.8, 4) is 0 Å². The lowest BCUT2D eigenvalue weighted by Gasteiger charge is -2.19. The van der Waals surface area contributed by atoms with Crippen molar-refractivity contribution in [1.82, 2.24) is 5.32 Å². The van der Waals surface area contributed by atoms with Gasteiger partial charge in [0.2, 0.25) is 5.91 Å². The SMILES string of the molecule is COC(CN)CC(=O)NC(c1ccccc1)c1ccco1. The van der Waals surface area contributed by atoms with Crippen molar-refractivity contribution in [3.05, 3.63) is 60.1 Å². The molecule has 5 nitrogen and oxygen atoms in total. The van der Waals surface area contributed by atoms with E-state index in [0.717, 1.165) is 5.56 Å². The molecule has 21 heavy (non-hydrogen) atoms. The van der Waals surface area contributed by atoms with Gasteiger partial charge in [0.1, 0.15) is 11.8 Å². The number of carbonyl (C=O) groups is 1. The van der Waals surface area contributed by atoms with Crippen LogP contribution in [0.2, 0.25) is 0 Å². The normalized spacial score (nSPS) is 13.6. The molecule has 0 spiro atoms. The van der Waals surface area contributed by atoms with Gasteiger partial charge in [0.25, 0.3) is 0 Å². The van der Waals surface area contributed by atoms with Gasteiger partial charge in [0, 0.05) is 13.7 Å². The van der Waals surface area contributed by atoms with Gasteiger partial charge in [0.15, 0.2) is 0 Å². The van der Waals surface area contributed by atoms with E-state index in [1.807, 2.05) is 36.4 Å². The summed E-state index contributed by atoms with van der Waals surface area (Å²) in [7, 11) is 1.55. The number of furan rings is 1. The van der Waals surface area contributed by atoms with Crippen LogP contribution >= 0.6 is 0 Å². The summed E-state index contributed by atoms with van der Waals surface area (Å²) in [6.45, 7) is 0.306. The van der Waals surface area contributed by atoms with Crippen molar-refractivity contribution in [2.75, 3.05) is 13.7 Å². The second-order valence-electron chi connectivity index (χ2n) is 4.72. The molecular formula is C16H20N2O3. The van der Waals surface area contributed by atoms with Gasteiger partial charge in [-0.2, -0.15) is 0 Å².